The summed E-state index contributed by atoms with van der Waals surface area (Å²) in [5, 5.41) is 3.70. The first-order valence-electron chi connectivity index (χ1n) is 11.9. The lowest BCUT2D eigenvalue weighted by Crippen LogP contribution is -2.41. The van der Waals surface area contributed by atoms with E-state index in [1.807, 2.05) is 13.8 Å². The fourth-order valence-corrected chi connectivity index (χ4v) is 5.75. The molecule has 0 radical (unpaired) electrons. The average Bonchev–Trinajstić information content (AvgIpc) is 2.84. The maximum Gasteiger partial charge on any atom is 0.240 e. The van der Waals surface area contributed by atoms with Gasteiger partial charge in [-0.05, 0) is 81.5 Å². The van der Waals surface area contributed by atoms with E-state index in [1.54, 1.807) is 42.5 Å². The molecule has 2 N–H and O–H groups in total. The molecule has 1 fully saturated rings. The number of nitrogens with zero attached hydrogens (tertiary/aromatic N) is 1. The van der Waals surface area contributed by atoms with Crippen LogP contribution in [-0.2, 0) is 14.8 Å². The summed E-state index contributed by atoms with van der Waals surface area (Å²) < 4.78 is 47.3. The maximum absolute atomic E-state index is 13.1. The second-order valence-corrected chi connectivity index (χ2v) is 10.6. The topological polar surface area (TPSA) is 97.4 Å². The van der Waals surface area contributed by atoms with Crippen molar-refractivity contribution >= 4 is 26.8 Å². The zero-order valence-electron chi connectivity index (χ0n) is 19.8. The number of halogens is 1. The molecule has 4 rings (SSSR count). The Hall–Kier alpha value is -3.04. The summed E-state index contributed by atoms with van der Waals surface area (Å²) in [6.45, 7) is 4.25. The van der Waals surface area contributed by atoms with E-state index in [-0.39, 0.29) is 34.6 Å². The number of carbonyl (C=O) groups is 1. The van der Waals surface area contributed by atoms with Gasteiger partial charge in [0.05, 0.1) is 23.1 Å². The molecule has 1 atom stereocenters. The van der Waals surface area contributed by atoms with E-state index < -0.39 is 10.0 Å². The number of hydrogen-bond donors (Lipinski definition) is 2. The fourth-order valence-electron chi connectivity index (χ4n) is 4.41. The van der Waals surface area contributed by atoms with Gasteiger partial charge in [-0.25, -0.2) is 22.5 Å². The van der Waals surface area contributed by atoms with Gasteiger partial charge in [-0.15, -0.1) is 0 Å². The molecule has 35 heavy (non-hydrogen) atoms. The van der Waals surface area contributed by atoms with Crippen LogP contribution in [0.5, 0.6) is 5.88 Å². The van der Waals surface area contributed by atoms with Crippen molar-refractivity contribution in [3.63, 3.8) is 0 Å². The van der Waals surface area contributed by atoms with E-state index in [9.17, 15) is 17.6 Å². The monoisotopic (exact) mass is 499 g/mol. The summed E-state index contributed by atoms with van der Waals surface area (Å²) in [4.78, 5) is 17.3. The van der Waals surface area contributed by atoms with E-state index in [4.69, 9.17) is 4.74 Å². The van der Waals surface area contributed by atoms with Crippen molar-refractivity contribution in [2.75, 3.05) is 6.61 Å². The third-order valence-corrected chi connectivity index (χ3v) is 7.90. The molecule has 186 valence electrons. The van der Waals surface area contributed by atoms with Crippen LogP contribution in [0.25, 0.3) is 10.9 Å². The van der Waals surface area contributed by atoms with E-state index in [1.165, 1.54) is 12.1 Å². The van der Waals surface area contributed by atoms with Crippen molar-refractivity contribution in [1.82, 2.24) is 15.0 Å². The minimum atomic E-state index is -3.71. The highest BCUT2D eigenvalue weighted by Gasteiger charge is 2.30. The van der Waals surface area contributed by atoms with E-state index in [0.29, 0.717) is 49.1 Å². The summed E-state index contributed by atoms with van der Waals surface area (Å²) in [6, 6.07) is 14.0. The number of carbonyl (C=O) groups excluding carboxylic acids is 1. The summed E-state index contributed by atoms with van der Waals surface area (Å²) in [7, 11) is -3.71. The Kier molecular flexibility index (Phi) is 7.66. The van der Waals surface area contributed by atoms with Crippen LogP contribution < -0.4 is 14.8 Å². The zero-order chi connectivity index (χ0) is 25.0. The van der Waals surface area contributed by atoms with E-state index in [0.717, 1.165) is 5.56 Å². The van der Waals surface area contributed by atoms with Crippen molar-refractivity contribution in [3.8, 4) is 5.88 Å². The predicted octanol–water partition coefficient (Wildman–Crippen LogP) is 4.49. The van der Waals surface area contributed by atoms with Gasteiger partial charge in [-0.1, -0.05) is 12.1 Å². The lowest BCUT2D eigenvalue weighted by atomic mass is 9.85. The van der Waals surface area contributed by atoms with Crippen LogP contribution in [0.2, 0.25) is 0 Å². The minimum Gasteiger partial charge on any atom is -0.478 e. The molecule has 3 aromatic rings. The van der Waals surface area contributed by atoms with Crippen molar-refractivity contribution < 1.29 is 22.3 Å². The smallest absolute Gasteiger partial charge is 0.240 e. The van der Waals surface area contributed by atoms with Crippen LogP contribution >= 0.6 is 0 Å². The van der Waals surface area contributed by atoms with Gasteiger partial charge in [0.1, 0.15) is 5.82 Å². The molecule has 1 amide bonds. The molecule has 1 heterocycles. The number of hydrogen-bond acceptors (Lipinski definition) is 5. The van der Waals surface area contributed by atoms with Crippen LogP contribution in [0.1, 0.15) is 51.1 Å². The number of rotatable bonds is 8. The quantitative estimate of drug-likeness (QED) is 0.476. The Morgan fingerprint density at radius 1 is 1.09 bits per heavy atom. The number of sulfonamides is 1. The minimum absolute atomic E-state index is 0.0587. The van der Waals surface area contributed by atoms with Crippen molar-refractivity contribution in [2.24, 2.45) is 5.92 Å². The number of benzene rings is 2. The molecule has 0 saturated heterocycles. The van der Waals surface area contributed by atoms with Crippen LogP contribution in [0.4, 0.5) is 4.39 Å². The summed E-state index contributed by atoms with van der Waals surface area (Å²) in [5.41, 5.74) is 1.50. The zero-order valence-corrected chi connectivity index (χ0v) is 20.6. The molecule has 1 aliphatic carbocycles. The average molecular weight is 500 g/mol. The van der Waals surface area contributed by atoms with Crippen LogP contribution in [0.15, 0.2) is 59.5 Å². The Morgan fingerprint density at radius 3 is 2.49 bits per heavy atom. The number of nitrogens with one attached hydrogen (secondary N) is 2. The predicted molar refractivity (Wildman–Crippen MR) is 132 cm³/mol. The molecule has 1 unspecified atom stereocenters. The number of fused-ring (bicyclic) bond motifs is 1. The SMILES string of the molecule is CCOc1ccc2cc(S(=O)(=O)NC3CCC(C(=O)NC(C)c4ccc(F)cc4)CC3)ccc2n1. The van der Waals surface area contributed by atoms with E-state index in [2.05, 4.69) is 15.0 Å². The molecule has 0 aliphatic heterocycles. The molecule has 2 aromatic carbocycles. The molecule has 0 spiro atoms. The summed E-state index contributed by atoms with van der Waals surface area (Å²) >= 11 is 0. The molecule has 1 aromatic heterocycles. The largest absolute Gasteiger partial charge is 0.478 e. The standard InChI is InChI=1S/C26H30FN3O4S/c1-3-34-25-15-8-20-16-23(13-14-24(20)29-25)35(32,33)30-22-11-6-19(7-12-22)26(31)28-17(2)18-4-9-21(27)10-5-18/h4-5,8-10,13-17,19,22,30H,3,6-7,11-12H2,1-2H3,(H,28,31). The van der Waals surface area contributed by atoms with Crippen LogP contribution in [0.3, 0.4) is 0 Å². The Balaban J connectivity index is 1.33. The van der Waals surface area contributed by atoms with Crippen molar-refractivity contribution in [3.05, 3.63) is 66.0 Å². The lowest BCUT2D eigenvalue weighted by molar-refractivity contribution is -0.126. The first-order chi connectivity index (χ1) is 16.7. The van der Waals surface area contributed by atoms with Gasteiger partial charge >= 0.3 is 0 Å². The van der Waals surface area contributed by atoms with Crippen molar-refractivity contribution in [1.29, 1.82) is 0 Å². The summed E-state index contributed by atoms with van der Waals surface area (Å²) in [6.07, 6.45) is 2.35. The molecule has 0 bridgehead atoms. The Labute approximate surface area is 205 Å². The van der Waals surface area contributed by atoms with Crippen LogP contribution in [-0.4, -0.2) is 32.0 Å². The lowest BCUT2D eigenvalue weighted by Gasteiger charge is -2.29. The normalized spacial score (nSPS) is 19.3. The molecule has 9 heteroatoms. The third-order valence-electron chi connectivity index (χ3n) is 6.39. The first-order valence-corrected chi connectivity index (χ1v) is 13.4. The number of ether oxygens (including phenoxy) is 1. The second-order valence-electron chi connectivity index (χ2n) is 8.89. The highest BCUT2D eigenvalue weighted by Crippen LogP contribution is 2.27. The van der Waals surface area contributed by atoms with Gasteiger partial charge in [0, 0.05) is 23.4 Å². The van der Waals surface area contributed by atoms with Gasteiger partial charge in [-0.3, -0.25) is 4.79 Å². The second kappa shape index (κ2) is 10.7. The van der Waals surface area contributed by atoms with Crippen LogP contribution in [0, 0.1) is 11.7 Å². The molecule has 1 saturated carbocycles. The molecule has 7 nitrogen and oxygen atoms in total. The molecule has 1 aliphatic rings. The Bertz CT molecular complexity index is 1290. The highest BCUT2D eigenvalue weighted by atomic mass is 32.2. The first kappa shape index (κ1) is 25.1. The number of aromatic nitrogens is 1. The van der Waals surface area contributed by atoms with Crippen molar-refractivity contribution in [2.45, 2.75) is 56.5 Å². The number of pyridine rings is 1. The van der Waals surface area contributed by atoms with E-state index >= 15 is 0 Å². The van der Waals surface area contributed by atoms with Gasteiger partial charge in [0.25, 0.3) is 0 Å². The van der Waals surface area contributed by atoms with Gasteiger partial charge in [0.15, 0.2) is 0 Å². The fraction of sp³-hybridized carbons (Fsp3) is 0.385. The summed E-state index contributed by atoms with van der Waals surface area (Å²) in [5.74, 6) is -0.0489. The van der Waals surface area contributed by atoms with Gasteiger partial charge in [0.2, 0.25) is 21.8 Å². The van der Waals surface area contributed by atoms with Gasteiger partial charge < -0.3 is 10.1 Å². The molecular weight excluding hydrogens is 469 g/mol. The molecular formula is C26H30FN3O4S. The number of amides is 1. The Morgan fingerprint density at radius 2 is 1.80 bits per heavy atom. The maximum atomic E-state index is 13.1. The highest BCUT2D eigenvalue weighted by molar-refractivity contribution is 7.89. The third kappa shape index (κ3) is 6.15. The van der Waals surface area contributed by atoms with Gasteiger partial charge in [-0.2, -0.15) is 0 Å².